The van der Waals surface area contributed by atoms with Crippen molar-refractivity contribution in [2.75, 3.05) is 7.11 Å². The van der Waals surface area contributed by atoms with Crippen molar-refractivity contribution in [1.82, 2.24) is 4.98 Å². The molecule has 24 heavy (non-hydrogen) atoms. The number of primary amides is 1. The molecule has 1 amide bonds. The van der Waals surface area contributed by atoms with Gasteiger partial charge in [0.25, 0.3) is 5.91 Å². The Kier molecular flexibility index (Phi) is 4.54. The van der Waals surface area contributed by atoms with Crippen molar-refractivity contribution in [3.8, 4) is 0 Å². The lowest BCUT2D eigenvalue weighted by molar-refractivity contribution is 0.0997. The number of rotatable bonds is 4. The molecule has 0 aliphatic rings. The standard InChI is InChI=1S/C16H12ClF2N2O2P/c1-23-24(11-6-9(18)5-10(19)7-11)15-12-4-8(17)2-3-13(12)21-14(15)16(20)22/h2-7,21H,1H3,(H2,20,22). The van der Waals surface area contributed by atoms with E-state index in [1.807, 2.05) is 0 Å². The number of nitrogens with one attached hydrogen (secondary N) is 1. The molecule has 3 aromatic rings. The minimum atomic E-state index is -1.68. The zero-order chi connectivity index (χ0) is 17.4. The number of hydrogen-bond acceptors (Lipinski definition) is 2. The lowest BCUT2D eigenvalue weighted by Crippen LogP contribution is -2.23. The molecule has 1 unspecified atom stereocenters. The average Bonchev–Trinajstić information content (AvgIpc) is 2.86. The Balaban J connectivity index is 2.30. The van der Waals surface area contributed by atoms with E-state index in [0.717, 1.165) is 6.07 Å². The molecule has 2 aromatic carbocycles. The summed E-state index contributed by atoms with van der Waals surface area (Å²) >= 11 is 6.04. The summed E-state index contributed by atoms with van der Waals surface area (Å²) in [7, 11) is -0.275. The van der Waals surface area contributed by atoms with E-state index in [-0.39, 0.29) is 11.0 Å². The van der Waals surface area contributed by atoms with Crippen LogP contribution in [0, 0.1) is 11.6 Å². The molecule has 0 saturated carbocycles. The molecule has 0 saturated heterocycles. The van der Waals surface area contributed by atoms with Crippen molar-refractivity contribution in [1.29, 1.82) is 0 Å². The number of aromatic nitrogens is 1. The molecule has 0 bridgehead atoms. The smallest absolute Gasteiger partial charge is 0.265 e. The van der Waals surface area contributed by atoms with Crippen molar-refractivity contribution in [3.63, 3.8) is 0 Å². The maximum Gasteiger partial charge on any atom is 0.265 e. The van der Waals surface area contributed by atoms with Crippen molar-refractivity contribution >= 4 is 47.2 Å². The van der Waals surface area contributed by atoms with Gasteiger partial charge >= 0.3 is 0 Å². The van der Waals surface area contributed by atoms with Crippen molar-refractivity contribution < 1.29 is 18.1 Å². The molecule has 3 N–H and O–H groups in total. The molecule has 8 heteroatoms. The maximum atomic E-state index is 13.6. The Morgan fingerprint density at radius 1 is 1.21 bits per heavy atom. The predicted molar refractivity (Wildman–Crippen MR) is 91.4 cm³/mol. The van der Waals surface area contributed by atoms with Crippen LogP contribution in [-0.4, -0.2) is 18.0 Å². The number of nitrogens with two attached hydrogens (primary N) is 1. The van der Waals surface area contributed by atoms with Gasteiger partial charge in [-0.3, -0.25) is 4.79 Å². The van der Waals surface area contributed by atoms with Crippen LogP contribution in [-0.2, 0) is 4.52 Å². The van der Waals surface area contributed by atoms with Crippen molar-refractivity contribution in [3.05, 3.63) is 58.7 Å². The minimum Gasteiger partial charge on any atom is -0.364 e. The van der Waals surface area contributed by atoms with Gasteiger partial charge in [-0.25, -0.2) is 8.78 Å². The fourth-order valence-electron chi connectivity index (χ4n) is 2.52. The van der Waals surface area contributed by atoms with Gasteiger partial charge in [-0.05, 0) is 30.3 Å². The third kappa shape index (κ3) is 3.00. The number of halogens is 3. The summed E-state index contributed by atoms with van der Waals surface area (Å²) < 4.78 is 32.7. The van der Waals surface area contributed by atoms with E-state index in [2.05, 4.69) is 4.98 Å². The van der Waals surface area contributed by atoms with E-state index in [9.17, 15) is 13.6 Å². The highest BCUT2D eigenvalue weighted by atomic mass is 35.5. The summed E-state index contributed by atoms with van der Waals surface area (Å²) in [5, 5.41) is 1.81. The van der Waals surface area contributed by atoms with Crippen LogP contribution in [0.15, 0.2) is 36.4 Å². The minimum absolute atomic E-state index is 0.130. The molecule has 3 rings (SSSR count). The van der Waals surface area contributed by atoms with Gasteiger partial charge in [0.05, 0.1) is 8.15 Å². The molecule has 0 spiro atoms. The Hall–Kier alpha value is -2.01. The van der Waals surface area contributed by atoms with E-state index in [1.54, 1.807) is 18.2 Å². The van der Waals surface area contributed by atoms with Crippen LogP contribution in [0.1, 0.15) is 10.5 Å². The van der Waals surface area contributed by atoms with Crippen molar-refractivity contribution in [2.24, 2.45) is 5.73 Å². The quantitative estimate of drug-likeness (QED) is 0.694. The second-order valence-electron chi connectivity index (χ2n) is 5.01. The number of carbonyl (C=O) groups is 1. The van der Waals surface area contributed by atoms with E-state index < -0.39 is 25.7 Å². The summed E-state index contributed by atoms with van der Waals surface area (Å²) in [6.45, 7) is 0. The topological polar surface area (TPSA) is 68.1 Å². The van der Waals surface area contributed by atoms with Crippen LogP contribution >= 0.6 is 19.7 Å². The third-order valence-corrected chi connectivity index (χ3v) is 5.65. The Labute approximate surface area is 142 Å². The van der Waals surface area contributed by atoms with Crippen LogP contribution in [0.3, 0.4) is 0 Å². The van der Waals surface area contributed by atoms with Crippen LogP contribution in [0.5, 0.6) is 0 Å². The predicted octanol–water partition coefficient (Wildman–Crippen LogP) is 3.19. The zero-order valence-electron chi connectivity index (χ0n) is 12.4. The lowest BCUT2D eigenvalue weighted by Gasteiger charge is -2.16. The first-order valence-electron chi connectivity index (χ1n) is 6.82. The number of carbonyl (C=O) groups excluding carboxylic acids is 1. The van der Waals surface area contributed by atoms with Gasteiger partial charge in [0, 0.05) is 39.7 Å². The highest BCUT2D eigenvalue weighted by Crippen LogP contribution is 2.39. The summed E-state index contributed by atoms with van der Waals surface area (Å²) in [4.78, 5) is 14.7. The number of H-pyrrole nitrogens is 1. The Morgan fingerprint density at radius 3 is 2.46 bits per heavy atom. The van der Waals surface area contributed by atoms with Gasteiger partial charge in [0.15, 0.2) is 0 Å². The molecule has 1 heterocycles. The number of hydrogen-bond donors (Lipinski definition) is 2. The van der Waals surface area contributed by atoms with E-state index in [4.69, 9.17) is 21.9 Å². The van der Waals surface area contributed by atoms with Gasteiger partial charge in [-0.2, -0.15) is 0 Å². The molecule has 0 radical (unpaired) electrons. The van der Waals surface area contributed by atoms with Crippen LogP contribution in [0.25, 0.3) is 10.9 Å². The SMILES string of the molecule is COP(c1cc(F)cc(F)c1)c1c(C(N)=O)[nH]c2ccc(Cl)cc12. The fourth-order valence-corrected chi connectivity index (χ4v) is 4.60. The number of benzene rings is 2. The fraction of sp³-hybridized carbons (Fsp3) is 0.0625. The molecule has 124 valence electrons. The zero-order valence-corrected chi connectivity index (χ0v) is 14.1. The van der Waals surface area contributed by atoms with Crippen LogP contribution in [0.4, 0.5) is 8.78 Å². The summed E-state index contributed by atoms with van der Waals surface area (Å²) in [6, 6.07) is 8.13. The van der Waals surface area contributed by atoms with E-state index in [0.29, 0.717) is 21.2 Å². The largest absolute Gasteiger partial charge is 0.364 e. The van der Waals surface area contributed by atoms with E-state index in [1.165, 1.54) is 19.2 Å². The monoisotopic (exact) mass is 368 g/mol. The van der Waals surface area contributed by atoms with E-state index >= 15 is 0 Å². The third-order valence-electron chi connectivity index (χ3n) is 3.45. The normalized spacial score (nSPS) is 12.5. The highest BCUT2D eigenvalue weighted by molar-refractivity contribution is 7.69. The molecule has 0 fully saturated rings. The summed E-state index contributed by atoms with van der Waals surface area (Å²) in [6.07, 6.45) is 0. The van der Waals surface area contributed by atoms with Crippen LogP contribution < -0.4 is 16.3 Å². The van der Waals surface area contributed by atoms with Gasteiger partial charge in [0.1, 0.15) is 17.3 Å². The second-order valence-corrected chi connectivity index (χ2v) is 7.36. The molecule has 1 aromatic heterocycles. The van der Waals surface area contributed by atoms with Gasteiger partial charge in [-0.15, -0.1) is 0 Å². The lowest BCUT2D eigenvalue weighted by atomic mass is 10.2. The molecular weight excluding hydrogens is 357 g/mol. The second kappa shape index (κ2) is 6.48. The first-order chi connectivity index (χ1) is 11.4. The Morgan fingerprint density at radius 2 is 1.88 bits per heavy atom. The van der Waals surface area contributed by atoms with Crippen molar-refractivity contribution in [2.45, 2.75) is 0 Å². The molecule has 4 nitrogen and oxygen atoms in total. The summed E-state index contributed by atoms with van der Waals surface area (Å²) in [5.41, 5.74) is 6.21. The molecule has 0 aliphatic heterocycles. The number of fused-ring (bicyclic) bond motifs is 1. The first-order valence-corrected chi connectivity index (χ1v) is 8.46. The molecule has 1 atom stereocenters. The number of amides is 1. The number of aromatic amines is 1. The van der Waals surface area contributed by atoms with Gasteiger partial charge in [0.2, 0.25) is 0 Å². The van der Waals surface area contributed by atoms with Gasteiger partial charge < -0.3 is 15.2 Å². The van der Waals surface area contributed by atoms with Crippen LogP contribution in [0.2, 0.25) is 5.02 Å². The average molecular weight is 369 g/mol. The van der Waals surface area contributed by atoms with Gasteiger partial charge in [-0.1, -0.05) is 11.6 Å². The first kappa shape index (κ1) is 16.8. The maximum absolute atomic E-state index is 13.6. The molecule has 0 aliphatic carbocycles. The summed E-state index contributed by atoms with van der Waals surface area (Å²) in [5.74, 6) is -2.15. The highest BCUT2D eigenvalue weighted by Gasteiger charge is 2.26. The molecular formula is C16H12ClF2N2O2P. The Bertz CT molecular complexity index is 925.